The van der Waals surface area contributed by atoms with E-state index in [0.717, 1.165) is 12.8 Å². The fourth-order valence-electron chi connectivity index (χ4n) is 4.08. The van der Waals surface area contributed by atoms with E-state index in [9.17, 15) is 9.59 Å². The van der Waals surface area contributed by atoms with Crippen molar-refractivity contribution in [1.29, 1.82) is 0 Å². The summed E-state index contributed by atoms with van der Waals surface area (Å²) in [6.07, 6.45) is 3.18. The van der Waals surface area contributed by atoms with Gasteiger partial charge in [-0.1, -0.05) is 31.0 Å². The van der Waals surface area contributed by atoms with Crippen LogP contribution in [0.4, 0.5) is 9.59 Å². The fourth-order valence-corrected chi connectivity index (χ4v) is 4.08. The number of imide groups is 1. The van der Waals surface area contributed by atoms with Gasteiger partial charge in [0.25, 0.3) is 0 Å². The normalized spacial score (nSPS) is 42.9. The first-order valence-electron chi connectivity index (χ1n) is 6.17. The van der Waals surface area contributed by atoms with Gasteiger partial charge in [-0.25, -0.2) is 14.5 Å². The van der Waals surface area contributed by atoms with Crippen LogP contribution in [0.2, 0.25) is 0 Å². The van der Waals surface area contributed by atoms with Crippen molar-refractivity contribution in [3.63, 3.8) is 0 Å². The summed E-state index contributed by atoms with van der Waals surface area (Å²) in [6.45, 7) is 6.71. The van der Waals surface area contributed by atoms with Crippen molar-refractivity contribution in [2.24, 2.45) is 27.0 Å². The van der Waals surface area contributed by atoms with Crippen LogP contribution in [-0.4, -0.2) is 23.0 Å². The molecule has 0 N–H and O–H groups in total. The predicted molar refractivity (Wildman–Crippen MR) is 60.5 cm³/mol. The standard InChI is InChI=1S/C12H17N3O2/c1-11(2)7-4-5-12(11,3)8(6-7)15-9(16)13-14-10(15)17/h7-8H,4-6H2,1-3H3/t7-,8+,12+/m1/s1. The molecule has 0 unspecified atom stereocenters. The zero-order valence-corrected chi connectivity index (χ0v) is 10.4. The van der Waals surface area contributed by atoms with Gasteiger partial charge in [0.15, 0.2) is 0 Å². The monoisotopic (exact) mass is 235 g/mol. The van der Waals surface area contributed by atoms with Crippen LogP contribution in [0, 0.1) is 16.7 Å². The summed E-state index contributed by atoms with van der Waals surface area (Å²) in [4.78, 5) is 24.6. The van der Waals surface area contributed by atoms with Gasteiger partial charge < -0.3 is 0 Å². The lowest BCUT2D eigenvalue weighted by molar-refractivity contribution is 0.0820. The number of carbonyl (C=O) groups excluding carboxylic acids is 2. The predicted octanol–water partition coefficient (Wildman–Crippen LogP) is 3.21. The van der Waals surface area contributed by atoms with Crippen molar-refractivity contribution < 1.29 is 9.59 Å². The molecule has 0 radical (unpaired) electrons. The van der Waals surface area contributed by atoms with Crippen LogP contribution in [0.1, 0.15) is 40.0 Å². The van der Waals surface area contributed by atoms with Crippen molar-refractivity contribution in [3.8, 4) is 0 Å². The SMILES string of the molecule is CC1(C)[C@@H]2CC[C@@]1(C)[C@@H](N1C(=O)N=NC1=O)C2. The summed E-state index contributed by atoms with van der Waals surface area (Å²) in [7, 11) is 0. The van der Waals surface area contributed by atoms with E-state index >= 15 is 0 Å². The van der Waals surface area contributed by atoms with Gasteiger partial charge in [-0.3, -0.25) is 0 Å². The summed E-state index contributed by atoms with van der Waals surface area (Å²) in [6, 6.07) is -0.986. The largest absolute Gasteiger partial charge is 0.370 e. The molecular formula is C12H17N3O2. The van der Waals surface area contributed by atoms with E-state index in [1.807, 2.05) is 0 Å². The quantitative estimate of drug-likeness (QED) is 0.700. The van der Waals surface area contributed by atoms with Crippen molar-refractivity contribution in [3.05, 3.63) is 0 Å². The van der Waals surface area contributed by atoms with Crippen molar-refractivity contribution in [2.45, 2.75) is 46.1 Å². The Morgan fingerprint density at radius 3 is 2.18 bits per heavy atom. The molecule has 92 valence electrons. The number of hydrogen-bond donors (Lipinski definition) is 0. The highest BCUT2D eigenvalue weighted by Gasteiger charge is 2.64. The number of fused-ring (bicyclic) bond motifs is 2. The van der Waals surface area contributed by atoms with Crippen molar-refractivity contribution in [2.75, 3.05) is 0 Å². The molecule has 2 aliphatic carbocycles. The summed E-state index contributed by atoms with van der Waals surface area (Å²) in [5, 5.41) is 6.74. The smallest absolute Gasteiger partial charge is 0.244 e. The third kappa shape index (κ3) is 1.10. The first-order chi connectivity index (χ1) is 7.88. The maximum atomic E-state index is 11.6. The van der Waals surface area contributed by atoms with E-state index in [-0.39, 0.29) is 16.9 Å². The highest BCUT2D eigenvalue weighted by molar-refractivity contribution is 5.99. The zero-order valence-electron chi connectivity index (χ0n) is 10.4. The molecule has 3 atom stereocenters. The van der Waals surface area contributed by atoms with Gasteiger partial charge in [0.1, 0.15) is 0 Å². The molecule has 2 fully saturated rings. The number of amides is 4. The minimum absolute atomic E-state index is 0.0123. The Hall–Kier alpha value is -1.26. The highest BCUT2D eigenvalue weighted by atomic mass is 16.2. The number of nitrogens with zero attached hydrogens (tertiary/aromatic N) is 3. The van der Waals surface area contributed by atoms with Gasteiger partial charge >= 0.3 is 12.1 Å². The van der Waals surface area contributed by atoms with Gasteiger partial charge in [-0.05, 0) is 36.0 Å². The molecule has 0 aromatic heterocycles. The lowest BCUT2D eigenvalue weighted by Crippen LogP contribution is -2.49. The molecule has 5 nitrogen and oxygen atoms in total. The maximum Gasteiger partial charge on any atom is 0.370 e. The summed E-state index contributed by atoms with van der Waals surface area (Å²) in [5.41, 5.74) is 0.194. The van der Waals surface area contributed by atoms with E-state index in [1.165, 1.54) is 11.3 Å². The van der Waals surface area contributed by atoms with Crippen LogP contribution in [0.5, 0.6) is 0 Å². The molecule has 0 saturated heterocycles. The topological polar surface area (TPSA) is 62.1 Å². The van der Waals surface area contributed by atoms with Crippen LogP contribution >= 0.6 is 0 Å². The third-order valence-corrected chi connectivity index (χ3v) is 5.69. The summed E-state index contributed by atoms with van der Waals surface area (Å²) >= 11 is 0. The molecule has 2 bridgehead atoms. The first-order valence-corrected chi connectivity index (χ1v) is 6.17. The summed E-state index contributed by atoms with van der Waals surface area (Å²) in [5.74, 6) is 0.596. The van der Waals surface area contributed by atoms with Crippen molar-refractivity contribution in [1.82, 2.24) is 4.90 Å². The lowest BCUT2D eigenvalue weighted by Gasteiger charge is -2.41. The van der Waals surface area contributed by atoms with Crippen LogP contribution in [0.15, 0.2) is 10.2 Å². The van der Waals surface area contributed by atoms with Gasteiger partial charge in [0.05, 0.1) is 0 Å². The minimum atomic E-state index is -0.482. The molecule has 17 heavy (non-hydrogen) atoms. The van der Waals surface area contributed by atoms with E-state index in [0.29, 0.717) is 5.92 Å². The zero-order chi connectivity index (χ0) is 12.4. The van der Waals surface area contributed by atoms with E-state index in [2.05, 4.69) is 31.0 Å². The number of carbonyl (C=O) groups is 2. The van der Waals surface area contributed by atoms with Gasteiger partial charge in [0.2, 0.25) is 0 Å². The van der Waals surface area contributed by atoms with Gasteiger partial charge in [-0.15, -0.1) is 0 Å². The van der Waals surface area contributed by atoms with Crippen LogP contribution in [-0.2, 0) is 0 Å². The minimum Gasteiger partial charge on any atom is -0.244 e. The molecule has 0 aromatic carbocycles. The van der Waals surface area contributed by atoms with Crippen LogP contribution in [0.25, 0.3) is 0 Å². The van der Waals surface area contributed by atoms with E-state index in [4.69, 9.17) is 0 Å². The summed E-state index contributed by atoms with van der Waals surface area (Å²) < 4.78 is 0. The molecule has 0 spiro atoms. The second-order valence-corrected chi connectivity index (χ2v) is 6.26. The molecule has 5 heteroatoms. The van der Waals surface area contributed by atoms with Gasteiger partial charge in [0, 0.05) is 6.04 Å². The molecule has 0 aromatic rings. The molecule has 1 aliphatic heterocycles. The Kier molecular flexibility index (Phi) is 1.88. The Balaban J connectivity index is 1.98. The number of urea groups is 2. The number of azo groups is 1. The van der Waals surface area contributed by atoms with E-state index < -0.39 is 12.1 Å². The van der Waals surface area contributed by atoms with Gasteiger partial charge in [-0.2, -0.15) is 0 Å². The first kappa shape index (κ1) is 10.9. The second kappa shape index (κ2) is 2.94. The Bertz CT molecular complexity index is 425. The lowest BCUT2D eigenvalue weighted by atomic mass is 9.69. The molecule has 3 rings (SSSR count). The molecule has 1 heterocycles. The van der Waals surface area contributed by atoms with Crippen LogP contribution in [0.3, 0.4) is 0 Å². The Labute approximate surface area is 100 Å². The highest BCUT2D eigenvalue weighted by Crippen LogP contribution is 2.66. The average Bonchev–Trinajstić information content (AvgIpc) is 2.75. The molecule has 2 saturated carbocycles. The number of rotatable bonds is 1. The molecule has 3 aliphatic rings. The third-order valence-electron chi connectivity index (χ3n) is 5.69. The van der Waals surface area contributed by atoms with E-state index in [1.54, 1.807) is 0 Å². The van der Waals surface area contributed by atoms with Crippen molar-refractivity contribution >= 4 is 12.1 Å². The number of hydrogen-bond acceptors (Lipinski definition) is 2. The molecule has 4 amide bonds. The second-order valence-electron chi connectivity index (χ2n) is 6.26. The fraction of sp³-hybridized carbons (Fsp3) is 0.833. The average molecular weight is 235 g/mol. The maximum absolute atomic E-state index is 11.6. The van der Waals surface area contributed by atoms with Crippen LogP contribution < -0.4 is 0 Å². The Morgan fingerprint density at radius 1 is 1.18 bits per heavy atom. The molecular weight excluding hydrogens is 218 g/mol. The Morgan fingerprint density at radius 2 is 1.76 bits per heavy atom.